The van der Waals surface area contributed by atoms with Crippen LogP contribution in [-0.2, 0) is 9.53 Å². The lowest BCUT2D eigenvalue weighted by Crippen LogP contribution is -2.46. The van der Waals surface area contributed by atoms with E-state index < -0.39 is 0 Å². The van der Waals surface area contributed by atoms with Crippen molar-refractivity contribution in [1.82, 2.24) is 10.6 Å². The number of hydrogen-bond donors (Lipinski definition) is 2. The number of rotatable bonds is 12. The molecule has 4 nitrogen and oxygen atoms in total. The van der Waals surface area contributed by atoms with Crippen molar-refractivity contribution in [2.45, 2.75) is 71.4 Å². The maximum absolute atomic E-state index is 11.9. The van der Waals surface area contributed by atoms with Gasteiger partial charge in [0.25, 0.3) is 0 Å². The Bertz CT molecular complexity index is 222. The van der Waals surface area contributed by atoms with Crippen molar-refractivity contribution >= 4 is 5.91 Å². The van der Waals surface area contributed by atoms with Crippen LogP contribution in [0.2, 0.25) is 0 Å². The van der Waals surface area contributed by atoms with E-state index in [-0.39, 0.29) is 11.9 Å². The maximum Gasteiger partial charge on any atom is 0.236 e. The molecule has 0 saturated carbocycles. The number of unbranched alkanes of at least 4 members (excludes halogenated alkanes) is 1. The Hall–Kier alpha value is -0.610. The van der Waals surface area contributed by atoms with Gasteiger partial charge in [0.05, 0.1) is 6.04 Å². The van der Waals surface area contributed by atoms with Crippen molar-refractivity contribution in [2.75, 3.05) is 20.3 Å². The predicted molar refractivity (Wildman–Crippen MR) is 80.3 cm³/mol. The highest BCUT2D eigenvalue weighted by Gasteiger charge is 2.16. The van der Waals surface area contributed by atoms with Crippen LogP contribution in [0.15, 0.2) is 0 Å². The molecule has 4 heteroatoms. The highest BCUT2D eigenvalue weighted by atomic mass is 16.5. The number of amides is 1. The molecule has 0 saturated heterocycles. The molecule has 2 N–H and O–H groups in total. The number of nitrogens with one attached hydrogen (secondary N) is 2. The lowest BCUT2D eigenvalue weighted by Gasteiger charge is -2.22. The lowest BCUT2D eigenvalue weighted by atomic mass is 10.0. The molecular formula is C15H32N2O2. The summed E-state index contributed by atoms with van der Waals surface area (Å²) in [7, 11) is 1.68. The zero-order valence-electron chi connectivity index (χ0n) is 13.1. The predicted octanol–water partition coefficient (Wildman–Crippen LogP) is 2.48. The molecule has 0 aromatic carbocycles. The van der Waals surface area contributed by atoms with Crippen molar-refractivity contribution in [3.05, 3.63) is 0 Å². The van der Waals surface area contributed by atoms with Gasteiger partial charge in [0.1, 0.15) is 0 Å². The molecule has 0 radical (unpaired) electrons. The summed E-state index contributed by atoms with van der Waals surface area (Å²) >= 11 is 0. The summed E-state index contributed by atoms with van der Waals surface area (Å²) < 4.78 is 4.96. The van der Waals surface area contributed by atoms with E-state index in [2.05, 4.69) is 24.5 Å². The number of carbonyl (C=O) groups excluding carboxylic acids is 1. The Morgan fingerprint density at radius 2 is 1.89 bits per heavy atom. The minimum Gasteiger partial charge on any atom is -0.385 e. The van der Waals surface area contributed by atoms with Crippen molar-refractivity contribution < 1.29 is 9.53 Å². The molecule has 0 spiro atoms. The summed E-state index contributed by atoms with van der Waals surface area (Å²) in [4.78, 5) is 11.9. The molecule has 0 heterocycles. The third-order valence-corrected chi connectivity index (χ3v) is 3.25. The monoisotopic (exact) mass is 272 g/mol. The summed E-state index contributed by atoms with van der Waals surface area (Å²) in [5.74, 6) is 0.0914. The van der Waals surface area contributed by atoms with Gasteiger partial charge in [-0.1, -0.05) is 33.1 Å². The first-order valence-electron chi connectivity index (χ1n) is 7.68. The second-order valence-electron chi connectivity index (χ2n) is 5.15. The van der Waals surface area contributed by atoms with Crippen molar-refractivity contribution in [3.8, 4) is 0 Å². The van der Waals surface area contributed by atoms with Crippen LogP contribution in [0.25, 0.3) is 0 Å². The topological polar surface area (TPSA) is 50.4 Å². The Labute approximate surface area is 118 Å². The Balaban J connectivity index is 3.93. The van der Waals surface area contributed by atoms with Gasteiger partial charge in [0.15, 0.2) is 0 Å². The third-order valence-electron chi connectivity index (χ3n) is 3.25. The fraction of sp³-hybridized carbons (Fsp3) is 0.933. The molecule has 2 unspecified atom stereocenters. The van der Waals surface area contributed by atoms with E-state index in [1.54, 1.807) is 7.11 Å². The van der Waals surface area contributed by atoms with E-state index in [1.807, 2.05) is 6.92 Å². The molecule has 2 atom stereocenters. The Kier molecular flexibility index (Phi) is 12.0. The molecule has 0 bridgehead atoms. The quantitative estimate of drug-likeness (QED) is 0.537. The van der Waals surface area contributed by atoms with E-state index in [1.165, 1.54) is 12.8 Å². The zero-order valence-corrected chi connectivity index (χ0v) is 13.1. The molecule has 0 aromatic rings. The van der Waals surface area contributed by atoms with Gasteiger partial charge >= 0.3 is 0 Å². The van der Waals surface area contributed by atoms with Crippen LogP contribution < -0.4 is 10.6 Å². The minimum atomic E-state index is -0.115. The minimum absolute atomic E-state index is 0.0914. The van der Waals surface area contributed by atoms with Gasteiger partial charge in [0, 0.05) is 26.3 Å². The van der Waals surface area contributed by atoms with Crippen LogP contribution in [0.4, 0.5) is 0 Å². The summed E-state index contributed by atoms with van der Waals surface area (Å²) in [6, 6.07) is 0.348. The fourth-order valence-electron chi connectivity index (χ4n) is 2.12. The highest BCUT2D eigenvalue weighted by Crippen LogP contribution is 2.07. The van der Waals surface area contributed by atoms with Gasteiger partial charge < -0.3 is 15.4 Å². The summed E-state index contributed by atoms with van der Waals surface area (Å²) in [5, 5.41) is 6.39. The largest absolute Gasteiger partial charge is 0.385 e. The molecule has 0 aliphatic carbocycles. The molecule has 114 valence electrons. The van der Waals surface area contributed by atoms with Crippen LogP contribution in [0.3, 0.4) is 0 Å². The molecular weight excluding hydrogens is 240 g/mol. The smallest absolute Gasteiger partial charge is 0.236 e. The van der Waals surface area contributed by atoms with Crippen molar-refractivity contribution in [2.24, 2.45) is 0 Å². The summed E-state index contributed by atoms with van der Waals surface area (Å²) in [5.41, 5.74) is 0. The standard InChI is InChI=1S/C15H32N2O2/c1-5-7-10-14(9-6-2)17-13(3)15(18)16-11-8-12-19-4/h13-14,17H,5-12H2,1-4H3,(H,16,18). The fourth-order valence-corrected chi connectivity index (χ4v) is 2.12. The van der Waals surface area contributed by atoms with Crippen LogP contribution in [0.5, 0.6) is 0 Å². The molecule has 0 rings (SSSR count). The first-order valence-corrected chi connectivity index (χ1v) is 7.68. The molecule has 0 fully saturated rings. The molecule has 19 heavy (non-hydrogen) atoms. The third kappa shape index (κ3) is 9.91. The molecule has 0 aromatic heterocycles. The highest BCUT2D eigenvalue weighted by molar-refractivity contribution is 5.81. The van der Waals surface area contributed by atoms with E-state index >= 15 is 0 Å². The van der Waals surface area contributed by atoms with Crippen LogP contribution >= 0.6 is 0 Å². The molecule has 1 amide bonds. The first kappa shape index (κ1) is 18.4. The van der Waals surface area contributed by atoms with Gasteiger partial charge in [0.2, 0.25) is 5.91 Å². The lowest BCUT2D eigenvalue weighted by molar-refractivity contribution is -0.123. The normalized spacial score (nSPS) is 14.1. The average molecular weight is 272 g/mol. The van der Waals surface area contributed by atoms with Gasteiger partial charge in [-0.15, -0.1) is 0 Å². The van der Waals surface area contributed by atoms with Gasteiger partial charge in [-0.3, -0.25) is 4.79 Å². The van der Waals surface area contributed by atoms with Crippen molar-refractivity contribution in [3.63, 3.8) is 0 Å². The van der Waals surface area contributed by atoms with Gasteiger partial charge in [-0.05, 0) is 26.2 Å². The Morgan fingerprint density at radius 1 is 1.16 bits per heavy atom. The van der Waals surface area contributed by atoms with E-state index in [0.717, 1.165) is 25.7 Å². The number of ether oxygens (including phenoxy) is 1. The van der Waals surface area contributed by atoms with Crippen LogP contribution in [0, 0.1) is 0 Å². The maximum atomic E-state index is 11.9. The first-order chi connectivity index (χ1) is 9.15. The van der Waals surface area contributed by atoms with Crippen LogP contribution in [-0.4, -0.2) is 38.3 Å². The molecule has 0 aliphatic rings. The van der Waals surface area contributed by atoms with E-state index in [0.29, 0.717) is 19.2 Å². The zero-order chi connectivity index (χ0) is 14.5. The Morgan fingerprint density at radius 3 is 2.47 bits per heavy atom. The van der Waals surface area contributed by atoms with Crippen LogP contribution in [0.1, 0.15) is 59.3 Å². The van der Waals surface area contributed by atoms with Gasteiger partial charge in [-0.25, -0.2) is 0 Å². The second kappa shape index (κ2) is 12.4. The van der Waals surface area contributed by atoms with E-state index in [4.69, 9.17) is 4.74 Å². The number of methoxy groups -OCH3 is 1. The summed E-state index contributed by atoms with van der Waals surface area (Å²) in [6.07, 6.45) is 6.75. The number of hydrogen-bond acceptors (Lipinski definition) is 3. The SMILES string of the molecule is CCCCC(CCC)NC(C)C(=O)NCCCOC. The second-order valence-corrected chi connectivity index (χ2v) is 5.15. The van der Waals surface area contributed by atoms with Gasteiger partial charge in [-0.2, -0.15) is 0 Å². The average Bonchev–Trinajstić information content (AvgIpc) is 2.40. The number of carbonyl (C=O) groups is 1. The van der Waals surface area contributed by atoms with Crippen molar-refractivity contribution in [1.29, 1.82) is 0 Å². The molecule has 0 aliphatic heterocycles. The summed E-state index contributed by atoms with van der Waals surface area (Å²) in [6.45, 7) is 7.72. The van der Waals surface area contributed by atoms with E-state index in [9.17, 15) is 4.79 Å².